The van der Waals surface area contributed by atoms with Crippen molar-refractivity contribution in [2.75, 3.05) is 5.73 Å². The van der Waals surface area contributed by atoms with E-state index in [0.717, 1.165) is 11.1 Å². The maximum absolute atomic E-state index is 12.6. The second-order valence-corrected chi connectivity index (χ2v) is 8.67. The predicted molar refractivity (Wildman–Crippen MR) is 130 cm³/mol. The maximum Gasteiger partial charge on any atom is 0.254 e. The molecule has 0 aliphatic carbocycles. The average Bonchev–Trinajstić information content (AvgIpc) is 3.39. The summed E-state index contributed by atoms with van der Waals surface area (Å²) in [6, 6.07) is 16.2. The summed E-state index contributed by atoms with van der Waals surface area (Å²) in [5.74, 6) is 0.0416. The standard InChI is InChI=1S/C25H24ClN5O3/c1-14(2)31-24(27)22(25(28)33)23(29-31)16-9-7-15(8-10-16)11-17(32)12-18-13-21(30-34-18)19-5-3-4-6-20(19)26/h3-10,13-14H,11-12,27H2,1-2H3,(H2,28,33). The van der Waals surface area contributed by atoms with Crippen LogP contribution < -0.4 is 11.5 Å². The van der Waals surface area contributed by atoms with Gasteiger partial charge in [0.15, 0.2) is 0 Å². The van der Waals surface area contributed by atoms with Gasteiger partial charge in [0.2, 0.25) is 0 Å². The lowest BCUT2D eigenvalue weighted by atomic mass is 10.0. The van der Waals surface area contributed by atoms with Crippen LogP contribution in [0.3, 0.4) is 0 Å². The zero-order valence-electron chi connectivity index (χ0n) is 18.8. The van der Waals surface area contributed by atoms with E-state index in [0.29, 0.717) is 27.7 Å². The molecule has 2 aromatic carbocycles. The molecule has 34 heavy (non-hydrogen) atoms. The van der Waals surface area contributed by atoms with Crippen LogP contribution in [0.5, 0.6) is 0 Å². The summed E-state index contributed by atoms with van der Waals surface area (Å²) >= 11 is 6.20. The van der Waals surface area contributed by atoms with Crippen LogP contribution in [-0.4, -0.2) is 26.6 Å². The van der Waals surface area contributed by atoms with Crippen LogP contribution in [0.25, 0.3) is 22.5 Å². The van der Waals surface area contributed by atoms with Gasteiger partial charge in [-0.3, -0.25) is 9.59 Å². The fraction of sp³-hybridized carbons (Fsp3) is 0.200. The summed E-state index contributed by atoms with van der Waals surface area (Å²) in [7, 11) is 0. The van der Waals surface area contributed by atoms with E-state index in [1.54, 1.807) is 28.9 Å². The first-order valence-corrected chi connectivity index (χ1v) is 11.1. The third-order valence-corrected chi connectivity index (χ3v) is 5.72. The molecule has 1 amide bonds. The molecule has 4 aromatic rings. The lowest BCUT2D eigenvalue weighted by molar-refractivity contribution is -0.118. The molecule has 0 unspecified atom stereocenters. The van der Waals surface area contributed by atoms with Gasteiger partial charge in [-0.05, 0) is 25.5 Å². The highest BCUT2D eigenvalue weighted by Crippen LogP contribution is 2.30. The fourth-order valence-corrected chi connectivity index (χ4v) is 3.98. The molecule has 0 aliphatic rings. The Balaban J connectivity index is 1.47. The lowest BCUT2D eigenvalue weighted by Gasteiger charge is -2.06. The van der Waals surface area contributed by atoms with Gasteiger partial charge in [-0.2, -0.15) is 5.10 Å². The topological polar surface area (TPSA) is 130 Å². The average molecular weight is 478 g/mol. The van der Waals surface area contributed by atoms with Gasteiger partial charge in [-0.1, -0.05) is 59.2 Å². The van der Waals surface area contributed by atoms with Crippen LogP contribution >= 0.6 is 11.6 Å². The molecular formula is C25H24ClN5O3. The molecule has 0 spiro atoms. The number of Topliss-reactive ketones (excluding diaryl/α,β-unsaturated/α-hetero) is 1. The summed E-state index contributed by atoms with van der Waals surface area (Å²) in [4.78, 5) is 24.6. The molecule has 174 valence electrons. The van der Waals surface area contributed by atoms with Crippen molar-refractivity contribution in [2.24, 2.45) is 5.73 Å². The molecule has 0 saturated carbocycles. The number of halogens is 1. The van der Waals surface area contributed by atoms with E-state index in [-0.39, 0.29) is 36.0 Å². The molecule has 4 rings (SSSR count). The number of aromatic nitrogens is 3. The molecule has 0 atom stereocenters. The Morgan fingerprint density at radius 1 is 1.09 bits per heavy atom. The molecule has 0 aliphatic heterocycles. The van der Waals surface area contributed by atoms with Gasteiger partial charge in [0, 0.05) is 29.7 Å². The first-order chi connectivity index (χ1) is 16.2. The van der Waals surface area contributed by atoms with E-state index >= 15 is 0 Å². The Hall–Kier alpha value is -3.91. The van der Waals surface area contributed by atoms with Gasteiger partial charge in [-0.25, -0.2) is 4.68 Å². The van der Waals surface area contributed by atoms with Gasteiger partial charge in [-0.15, -0.1) is 0 Å². The Labute approximate surface area is 201 Å². The Bertz CT molecular complexity index is 1360. The number of nitrogens with zero attached hydrogens (tertiary/aromatic N) is 3. The summed E-state index contributed by atoms with van der Waals surface area (Å²) in [6.45, 7) is 3.83. The molecule has 2 aromatic heterocycles. The summed E-state index contributed by atoms with van der Waals surface area (Å²) in [5.41, 5.74) is 15.1. The number of amides is 1. The lowest BCUT2D eigenvalue weighted by Crippen LogP contribution is -2.15. The maximum atomic E-state index is 12.6. The molecule has 0 bridgehead atoms. The number of hydrogen-bond acceptors (Lipinski definition) is 6. The van der Waals surface area contributed by atoms with Gasteiger partial charge in [0.05, 0.1) is 11.4 Å². The van der Waals surface area contributed by atoms with Crippen molar-refractivity contribution in [3.63, 3.8) is 0 Å². The second kappa shape index (κ2) is 9.52. The minimum atomic E-state index is -0.637. The van der Waals surface area contributed by atoms with Crippen LogP contribution in [0.1, 0.15) is 41.6 Å². The Morgan fingerprint density at radius 2 is 1.79 bits per heavy atom. The fourth-order valence-electron chi connectivity index (χ4n) is 3.74. The quantitative estimate of drug-likeness (QED) is 0.385. The number of ketones is 1. The van der Waals surface area contributed by atoms with E-state index < -0.39 is 5.91 Å². The third-order valence-electron chi connectivity index (χ3n) is 5.39. The number of nitrogen functional groups attached to an aromatic ring is 1. The Kier molecular flexibility index (Phi) is 6.51. The van der Waals surface area contributed by atoms with Crippen molar-refractivity contribution in [3.05, 3.63) is 76.5 Å². The van der Waals surface area contributed by atoms with Crippen molar-refractivity contribution in [2.45, 2.75) is 32.7 Å². The molecule has 0 radical (unpaired) electrons. The number of primary amides is 1. The normalized spacial score (nSPS) is 11.2. The summed E-state index contributed by atoms with van der Waals surface area (Å²) in [6.07, 6.45) is 0.327. The number of carbonyl (C=O) groups is 2. The zero-order valence-corrected chi connectivity index (χ0v) is 19.5. The second-order valence-electron chi connectivity index (χ2n) is 8.26. The van der Waals surface area contributed by atoms with Crippen molar-refractivity contribution in [1.29, 1.82) is 0 Å². The van der Waals surface area contributed by atoms with Crippen LogP contribution in [0.4, 0.5) is 5.82 Å². The largest absolute Gasteiger partial charge is 0.383 e. The van der Waals surface area contributed by atoms with E-state index in [4.69, 9.17) is 27.6 Å². The highest BCUT2D eigenvalue weighted by molar-refractivity contribution is 6.33. The van der Waals surface area contributed by atoms with E-state index in [2.05, 4.69) is 10.3 Å². The Morgan fingerprint density at radius 3 is 2.44 bits per heavy atom. The van der Waals surface area contributed by atoms with Crippen molar-refractivity contribution in [3.8, 4) is 22.5 Å². The molecule has 9 heteroatoms. The summed E-state index contributed by atoms with van der Waals surface area (Å²) in [5, 5.41) is 9.07. The monoisotopic (exact) mass is 477 g/mol. The van der Waals surface area contributed by atoms with Crippen LogP contribution in [0, 0.1) is 0 Å². The molecule has 0 saturated heterocycles. The van der Waals surface area contributed by atoms with Gasteiger partial charge in [0.1, 0.15) is 34.3 Å². The number of carbonyl (C=O) groups excluding carboxylic acids is 2. The molecule has 8 nitrogen and oxygen atoms in total. The molecule has 0 fully saturated rings. The zero-order chi connectivity index (χ0) is 24.4. The first-order valence-electron chi connectivity index (χ1n) is 10.7. The predicted octanol–water partition coefficient (Wildman–Crippen LogP) is 4.47. The van der Waals surface area contributed by atoms with Gasteiger partial charge in [0.25, 0.3) is 5.91 Å². The van der Waals surface area contributed by atoms with Gasteiger partial charge >= 0.3 is 0 Å². The minimum absolute atomic E-state index is 0.0271. The highest BCUT2D eigenvalue weighted by atomic mass is 35.5. The number of anilines is 1. The van der Waals surface area contributed by atoms with Gasteiger partial charge < -0.3 is 16.0 Å². The van der Waals surface area contributed by atoms with E-state index in [1.807, 2.05) is 44.2 Å². The first kappa shape index (κ1) is 23.3. The summed E-state index contributed by atoms with van der Waals surface area (Å²) < 4.78 is 6.90. The van der Waals surface area contributed by atoms with E-state index in [1.165, 1.54) is 0 Å². The van der Waals surface area contributed by atoms with Crippen LogP contribution in [0.2, 0.25) is 5.02 Å². The molecule has 2 heterocycles. The highest BCUT2D eigenvalue weighted by Gasteiger charge is 2.22. The van der Waals surface area contributed by atoms with Crippen molar-refractivity contribution >= 4 is 29.1 Å². The van der Waals surface area contributed by atoms with Crippen LogP contribution in [-0.2, 0) is 17.6 Å². The SMILES string of the molecule is CC(C)n1nc(-c2ccc(CC(=O)Cc3cc(-c4ccccc4Cl)no3)cc2)c(C(N)=O)c1N. The minimum Gasteiger partial charge on any atom is -0.383 e. The number of benzene rings is 2. The van der Waals surface area contributed by atoms with Crippen molar-refractivity contribution in [1.82, 2.24) is 14.9 Å². The smallest absolute Gasteiger partial charge is 0.254 e. The number of nitrogens with two attached hydrogens (primary N) is 2. The van der Waals surface area contributed by atoms with Crippen molar-refractivity contribution < 1.29 is 14.1 Å². The molecule has 4 N–H and O–H groups in total. The number of rotatable bonds is 8. The molecular weight excluding hydrogens is 454 g/mol. The van der Waals surface area contributed by atoms with E-state index in [9.17, 15) is 9.59 Å². The number of hydrogen-bond donors (Lipinski definition) is 2. The third kappa shape index (κ3) is 4.72. The van der Waals surface area contributed by atoms with Crippen LogP contribution in [0.15, 0.2) is 59.1 Å².